The highest BCUT2D eigenvalue weighted by molar-refractivity contribution is 6.32. The number of hydrogen-bond donors (Lipinski definition) is 1. The van der Waals surface area contributed by atoms with Gasteiger partial charge in [-0.2, -0.15) is 0 Å². The smallest absolute Gasteiger partial charge is 0.228 e. The van der Waals surface area contributed by atoms with E-state index < -0.39 is 0 Å². The summed E-state index contributed by atoms with van der Waals surface area (Å²) in [6, 6.07) is 14.8. The molecule has 0 saturated heterocycles. The van der Waals surface area contributed by atoms with E-state index in [1.54, 1.807) is 30.0 Å². The first-order chi connectivity index (χ1) is 14.6. The Hall–Kier alpha value is -2.50. The lowest BCUT2D eigenvalue weighted by Gasteiger charge is -2.20. The molecule has 1 N–H and O–H groups in total. The van der Waals surface area contributed by atoms with Crippen molar-refractivity contribution in [1.82, 2.24) is 9.78 Å². The van der Waals surface area contributed by atoms with Gasteiger partial charge in [-0.3, -0.25) is 4.79 Å². The maximum atomic E-state index is 12.9. The van der Waals surface area contributed by atoms with Crippen LogP contribution >= 0.6 is 23.2 Å². The van der Waals surface area contributed by atoms with Gasteiger partial charge in [-0.05, 0) is 37.1 Å². The lowest BCUT2D eigenvalue weighted by atomic mass is 9.89. The fourth-order valence-corrected chi connectivity index (χ4v) is 4.26. The molecule has 0 atom stereocenters. The minimum absolute atomic E-state index is 0.00732. The maximum absolute atomic E-state index is 12.9. The summed E-state index contributed by atoms with van der Waals surface area (Å²) in [6.45, 7) is 0. The number of anilines is 1. The van der Waals surface area contributed by atoms with Crippen molar-refractivity contribution in [3.05, 3.63) is 58.6 Å². The van der Waals surface area contributed by atoms with Gasteiger partial charge in [-0.25, -0.2) is 4.68 Å². The Morgan fingerprint density at radius 2 is 1.77 bits per heavy atom. The van der Waals surface area contributed by atoms with Gasteiger partial charge < -0.3 is 10.1 Å². The van der Waals surface area contributed by atoms with E-state index in [-0.39, 0.29) is 11.8 Å². The first kappa shape index (κ1) is 20.8. The molecule has 3 aromatic rings. The van der Waals surface area contributed by atoms with Crippen molar-refractivity contribution in [2.45, 2.75) is 32.1 Å². The van der Waals surface area contributed by atoms with Gasteiger partial charge in [-0.1, -0.05) is 66.7 Å². The van der Waals surface area contributed by atoms with E-state index in [0.717, 1.165) is 31.2 Å². The molecule has 7 heteroatoms. The van der Waals surface area contributed by atoms with E-state index in [2.05, 4.69) is 10.4 Å². The summed E-state index contributed by atoms with van der Waals surface area (Å²) in [5, 5.41) is 8.86. The van der Waals surface area contributed by atoms with Crippen LogP contribution in [0, 0.1) is 5.92 Å². The topological polar surface area (TPSA) is 56.1 Å². The highest BCUT2D eigenvalue weighted by Gasteiger charge is 2.27. The van der Waals surface area contributed by atoms with E-state index in [4.69, 9.17) is 27.9 Å². The standard InChI is InChI=1S/C23H23Cl2N3O2/c1-30-21-20(15-11-13-17(24)14-12-15)28(19-10-6-5-9-18(19)25)27-22(21)26-23(29)16-7-3-2-4-8-16/h5-6,9-14,16H,2-4,7-8H2,1H3,(H,26,27,29). The van der Waals surface area contributed by atoms with Crippen molar-refractivity contribution in [1.29, 1.82) is 0 Å². The first-order valence-corrected chi connectivity index (χ1v) is 10.8. The monoisotopic (exact) mass is 443 g/mol. The quantitative estimate of drug-likeness (QED) is 0.497. The van der Waals surface area contributed by atoms with Crippen LogP contribution in [0.2, 0.25) is 10.0 Å². The minimum atomic E-state index is -0.0144. The van der Waals surface area contributed by atoms with Crippen LogP contribution < -0.4 is 10.1 Å². The molecule has 4 rings (SSSR count). The van der Waals surface area contributed by atoms with E-state index >= 15 is 0 Å². The van der Waals surface area contributed by atoms with Gasteiger partial charge in [0.15, 0.2) is 11.6 Å². The summed E-state index contributed by atoms with van der Waals surface area (Å²) >= 11 is 12.5. The zero-order valence-corrected chi connectivity index (χ0v) is 18.2. The van der Waals surface area contributed by atoms with E-state index in [1.807, 2.05) is 30.3 Å². The summed E-state index contributed by atoms with van der Waals surface area (Å²) in [4.78, 5) is 12.9. The molecule has 1 aliphatic rings. The number of rotatable bonds is 5. The number of halogens is 2. The van der Waals surface area contributed by atoms with Crippen LogP contribution in [0.3, 0.4) is 0 Å². The average Bonchev–Trinajstić information content (AvgIpc) is 3.13. The van der Waals surface area contributed by atoms with Crippen molar-refractivity contribution in [2.24, 2.45) is 5.92 Å². The number of nitrogens with zero attached hydrogens (tertiary/aromatic N) is 2. The van der Waals surface area contributed by atoms with Crippen LogP contribution in [0.4, 0.5) is 5.82 Å². The molecule has 0 radical (unpaired) electrons. The van der Waals surface area contributed by atoms with Gasteiger partial charge in [-0.15, -0.1) is 5.10 Å². The number of amides is 1. The van der Waals surface area contributed by atoms with Crippen LogP contribution in [0.15, 0.2) is 48.5 Å². The molecule has 1 aliphatic carbocycles. The lowest BCUT2D eigenvalue weighted by Crippen LogP contribution is -2.25. The Bertz CT molecular complexity index is 1040. The second kappa shape index (κ2) is 9.11. The molecular formula is C23H23Cl2N3O2. The molecule has 1 aromatic heterocycles. The average molecular weight is 444 g/mol. The normalized spacial score (nSPS) is 14.5. The van der Waals surface area contributed by atoms with Crippen LogP contribution in [0.5, 0.6) is 5.75 Å². The summed E-state index contributed by atoms with van der Waals surface area (Å²) in [6.07, 6.45) is 5.17. The number of nitrogens with one attached hydrogen (secondary N) is 1. The molecule has 5 nitrogen and oxygen atoms in total. The van der Waals surface area contributed by atoms with Gasteiger partial charge in [0.25, 0.3) is 0 Å². The highest BCUT2D eigenvalue weighted by Crippen LogP contribution is 2.40. The predicted molar refractivity (Wildman–Crippen MR) is 121 cm³/mol. The van der Waals surface area contributed by atoms with Crippen LogP contribution in [0.25, 0.3) is 16.9 Å². The number of methoxy groups -OCH3 is 1. The molecule has 30 heavy (non-hydrogen) atoms. The van der Waals surface area contributed by atoms with Gasteiger partial charge in [0.05, 0.1) is 17.8 Å². The third-order valence-corrected chi connectivity index (χ3v) is 6.03. The number of para-hydroxylation sites is 1. The zero-order valence-electron chi connectivity index (χ0n) is 16.7. The number of carbonyl (C=O) groups excluding carboxylic acids is 1. The number of hydrogen-bond acceptors (Lipinski definition) is 3. The van der Waals surface area contributed by atoms with Crippen molar-refractivity contribution in [2.75, 3.05) is 12.4 Å². The number of aromatic nitrogens is 2. The molecule has 1 heterocycles. The van der Waals surface area contributed by atoms with Gasteiger partial charge in [0.2, 0.25) is 5.91 Å². The third-order valence-electron chi connectivity index (χ3n) is 5.46. The fourth-order valence-electron chi connectivity index (χ4n) is 3.92. The van der Waals surface area contributed by atoms with Crippen LogP contribution in [-0.4, -0.2) is 22.8 Å². The molecule has 1 saturated carbocycles. The second-order valence-corrected chi connectivity index (χ2v) is 8.27. The molecule has 0 unspecified atom stereocenters. The molecular weight excluding hydrogens is 421 g/mol. The molecule has 0 aliphatic heterocycles. The molecule has 0 spiro atoms. The summed E-state index contributed by atoms with van der Waals surface area (Å²) in [5.41, 5.74) is 2.24. The zero-order chi connectivity index (χ0) is 21.1. The fraction of sp³-hybridized carbons (Fsp3) is 0.304. The lowest BCUT2D eigenvalue weighted by molar-refractivity contribution is -0.120. The van der Waals surface area contributed by atoms with Crippen molar-refractivity contribution >= 4 is 34.9 Å². The Balaban J connectivity index is 1.81. The number of benzene rings is 2. The Kier molecular flexibility index (Phi) is 6.30. The van der Waals surface area contributed by atoms with Crippen molar-refractivity contribution in [3.63, 3.8) is 0 Å². The van der Waals surface area contributed by atoms with Gasteiger partial charge in [0, 0.05) is 16.5 Å². The SMILES string of the molecule is COc1c(NC(=O)C2CCCCC2)nn(-c2ccccc2Cl)c1-c1ccc(Cl)cc1. The largest absolute Gasteiger partial charge is 0.491 e. The van der Waals surface area contributed by atoms with Crippen molar-refractivity contribution in [3.8, 4) is 22.7 Å². The van der Waals surface area contributed by atoms with Gasteiger partial charge >= 0.3 is 0 Å². The molecule has 0 bridgehead atoms. The Labute approximate surface area is 185 Å². The van der Waals surface area contributed by atoms with Gasteiger partial charge in [0.1, 0.15) is 5.69 Å². The van der Waals surface area contributed by atoms with E-state index in [9.17, 15) is 4.79 Å². The molecule has 2 aromatic carbocycles. The molecule has 156 valence electrons. The number of ether oxygens (including phenoxy) is 1. The molecule has 1 fully saturated rings. The summed E-state index contributed by atoms with van der Waals surface area (Å²) < 4.78 is 7.43. The number of carbonyl (C=O) groups is 1. The Morgan fingerprint density at radius 1 is 1.07 bits per heavy atom. The predicted octanol–water partition coefficient (Wildman–Crippen LogP) is 6.37. The van der Waals surface area contributed by atoms with E-state index in [0.29, 0.717) is 33.0 Å². The first-order valence-electron chi connectivity index (χ1n) is 10.1. The van der Waals surface area contributed by atoms with E-state index in [1.165, 1.54) is 6.42 Å². The Morgan fingerprint density at radius 3 is 2.43 bits per heavy atom. The minimum Gasteiger partial charge on any atom is -0.491 e. The second-order valence-electron chi connectivity index (χ2n) is 7.42. The maximum Gasteiger partial charge on any atom is 0.228 e. The summed E-state index contributed by atoms with van der Waals surface area (Å²) in [7, 11) is 1.57. The van der Waals surface area contributed by atoms with Crippen LogP contribution in [0.1, 0.15) is 32.1 Å². The van der Waals surface area contributed by atoms with Crippen LogP contribution in [-0.2, 0) is 4.79 Å². The highest BCUT2D eigenvalue weighted by atomic mass is 35.5. The van der Waals surface area contributed by atoms with Crippen molar-refractivity contribution < 1.29 is 9.53 Å². The molecule has 1 amide bonds. The third kappa shape index (κ3) is 4.18. The summed E-state index contributed by atoms with van der Waals surface area (Å²) in [5.74, 6) is 0.867.